The van der Waals surface area contributed by atoms with E-state index in [0.29, 0.717) is 27.1 Å². The van der Waals surface area contributed by atoms with Crippen LogP contribution in [0, 0.1) is 0 Å². The lowest BCUT2D eigenvalue weighted by Gasteiger charge is -2.03. The average Bonchev–Trinajstić information content (AvgIpc) is 3.00. The van der Waals surface area contributed by atoms with Crippen molar-refractivity contribution < 1.29 is 9.21 Å². The Morgan fingerprint density at radius 1 is 0.955 bits per heavy atom. The number of halogens is 2. The summed E-state index contributed by atoms with van der Waals surface area (Å²) in [6.07, 6.45) is 0. The van der Waals surface area contributed by atoms with Crippen molar-refractivity contribution in [2.45, 2.75) is 0 Å². The number of nitrogens with one attached hydrogen (secondary N) is 1. The van der Waals surface area contributed by atoms with Crippen LogP contribution in [0.25, 0.3) is 11.3 Å². The third-order valence-corrected chi connectivity index (χ3v) is 3.62. The third-order valence-electron chi connectivity index (χ3n) is 3.06. The molecule has 3 rings (SSSR count). The van der Waals surface area contributed by atoms with Gasteiger partial charge in [0, 0.05) is 16.3 Å². The summed E-state index contributed by atoms with van der Waals surface area (Å²) in [6, 6.07) is 17.5. The SMILES string of the molecule is O=C(Nc1ccccc1)c1ccc(-c2cc(Cl)ccc2Cl)o1. The summed E-state index contributed by atoms with van der Waals surface area (Å²) in [4.78, 5) is 12.1. The number of carbonyl (C=O) groups is 1. The monoisotopic (exact) mass is 331 g/mol. The minimum absolute atomic E-state index is 0.204. The number of benzene rings is 2. The maximum atomic E-state index is 12.1. The van der Waals surface area contributed by atoms with Crippen molar-refractivity contribution in [1.82, 2.24) is 0 Å². The summed E-state index contributed by atoms with van der Waals surface area (Å²) >= 11 is 12.1. The average molecular weight is 332 g/mol. The number of rotatable bonds is 3. The lowest BCUT2D eigenvalue weighted by atomic mass is 10.2. The van der Waals surface area contributed by atoms with Gasteiger partial charge in [-0.3, -0.25) is 4.79 Å². The molecule has 1 heterocycles. The van der Waals surface area contributed by atoms with Crippen LogP contribution in [0.5, 0.6) is 0 Å². The van der Waals surface area contributed by atoms with E-state index < -0.39 is 0 Å². The first-order valence-electron chi connectivity index (χ1n) is 6.55. The molecule has 110 valence electrons. The van der Waals surface area contributed by atoms with E-state index in [4.69, 9.17) is 27.6 Å². The Morgan fingerprint density at radius 2 is 1.73 bits per heavy atom. The van der Waals surface area contributed by atoms with Gasteiger partial charge in [-0.2, -0.15) is 0 Å². The molecule has 0 aliphatic carbocycles. The minimum atomic E-state index is -0.324. The van der Waals surface area contributed by atoms with Crippen LogP contribution in [0.4, 0.5) is 5.69 Å². The first kappa shape index (κ1) is 14.7. The highest BCUT2D eigenvalue weighted by Gasteiger charge is 2.14. The molecule has 1 aromatic heterocycles. The van der Waals surface area contributed by atoms with Crippen molar-refractivity contribution in [1.29, 1.82) is 0 Å². The van der Waals surface area contributed by atoms with Gasteiger partial charge in [-0.15, -0.1) is 0 Å². The van der Waals surface area contributed by atoms with Crippen LogP contribution in [0.2, 0.25) is 10.0 Å². The van der Waals surface area contributed by atoms with Gasteiger partial charge in [0.15, 0.2) is 5.76 Å². The molecule has 0 atom stereocenters. The molecule has 0 aliphatic heterocycles. The van der Waals surface area contributed by atoms with Gasteiger partial charge in [0.1, 0.15) is 5.76 Å². The first-order chi connectivity index (χ1) is 10.6. The topological polar surface area (TPSA) is 42.2 Å². The van der Waals surface area contributed by atoms with Gasteiger partial charge in [0.05, 0.1) is 5.02 Å². The molecule has 0 aliphatic rings. The zero-order valence-corrected chi connectivity index (χ0v) is 12.9. The number of hydrogen-bond donors (Lipinski definition) is 1. The molecular formula is C17H11Cl2NO2. The summed E-state index contributed by atoms with van der Waals surface area (Å²) in [7, 11) is 0. The van der Waals surface area contributed by atoms with Gasteiger partial charge in [-0.05, 0) is 42.5 Å². The second-order valence-corrected chi connectivity index (χ2v) is 5.45. The van der Waals surface area contributed by atoms with Crippen LogP contribution >= 0.6 is 23.2 Å². The van der Waals surface area contributed by atoms with Crippen LogP contribution in [0.1, 0.15) is 10.6 Å². The summed E-state index contributed by atoms with van der Waals surface area (Å²) < 4.78 is 5.58. The number of furan rings is 1. The Balaban J connectivity index is 1.84. The van der Waals surface area contributed by atoms with Crippen LogP contribution in [-0.2, 0) is 0 Å². The molecule has 22 heavy (non-hydrogen) atoms. The zero-order chi connectivity index (χ0) is 15.5. The van der Waals surface area contributed by atoms with E-state index in [1.54, 1.807) is 42.5 Å². The van der Waals surface area contributed by atoms with E-state index in [0.717, 1.165) is 0 Å². The second kappa shape index (κ2) is 6.26. The lowest BCUT2D eigenvalue weighted by Crippen LogP contribution is -2.10. The molecule has 1 amide bonds. The van der Waals surface area contributed by atoms with Crippen molar-refractivity contribution in [3.8, 4) is 11.3 Å². The van der Waals surface area contributed by atoms with E-state index in [2.05, 4.69) is 5.32 Å². The maximum Gasteiger partial charge on any atom is 0.291 e. The molecule has 0 bridgehead atoms. The minimum Gasteiger partial charge on any atom is -0.451 e. The Labute approximate surface area is 137 Å². The van der Waals surface area contributed by atoms with Gasteiger partial charge >= 0.3 is 0 Å². The Hall–Kier alpha value is -2.23. The highest BCUT2D eigenvalue weighted by molar-refractivity contribution is 6.35. The summed E-state index contributed by atoms with van der Waals surface area (Å²) in [5, 5.41) is 3.81. The molecule has 1 N–H and O–H groups in total. The number of anilines is 1. The Morgan fingerprint density at radius 3 is 2.50 bits per heavy atom. The van der Waals surface area contributed by atoms with E-state index in [1.807, 2.05) is 18.2 Å². The van der Waals surface area contributed by atoms with Crippen molar-refractivity contribution in [2.24, 2.45) is 0 Å². The number of carbonyl (C=O) groups excluding carboxylic acids is 1. The molecule has 3 aromatic rings. The molecule has 0 saturated heterocycles. The van der Waals surface area contributed by atoms with Crippen molar-refractivity contribution >= 4 is 34.8 Å². The third kappa shape index (κ3) is 3.16. The molecule has 3 nitrogen and oxygen atoms in total. The molecule has 2 aromatic carbocycles. The highest BCUT2D eigenvalue weighted by atomic mass is 35.5. The normalized spacial score (nSPS) is 10.5. The molecular weight excluding hydrogens is 321 g/mol. The number of para-hydroxylation sites is 1. The Bertz CT molecular complexity index is 813. The molecule has 0 saturated carbocycles. The summed E-state index contributed by atoms with van der Waals surface area (Å²) in [5.41, 5.74) is 1.35. The zero-order valence-electron chi connectivity index (χ0n) is 11.3. The predicted octanol–water partition coefficient (Wildman–Crippen LogP) is 5.51. The predicted molar refractivity (Wildman–Crippen MR) is 88.6 cm³/mol. The van der Waals surface area contributed by atoms with E-state index in [-0.39, 0.29) is 11.7 Å². The largest absolute Gasteiger partial charge is 0.451 e. The van der Waals surface area contributed by atoms with Crippen LogP contribution in [0.15, 0.2) is 65.1 Å². The molecule has 0 spiro atoms. The van der Waals surface area contributed by atoms with Gasteiger partial charge < -0.3 is 9.73 Å². The van der Waals surface area contributed by atoms with Gasteiger partial charge in [0.2, 0.25) is 0 Å². The van der Waals surface area contributed by atoms with Crippen molar-refractivity contribution in [3.63, 3.8) is 0 Å². The first-order valence-corrected chi connectivity index (χ1v) is 7.31. The fourth-order valence-electron chi connectivity index (χ4n) is 2.01. The summed E-state index contributed by atoms with van der Waals surface area (Å²) in [6.45, 7) is 0. The van der Waals surface area contributed by atoms with E-state index in [1.165, 1.54) is 0 Å². The molecule has 0 fully saturated rings. The quantitative estimate of drug-likeness (QED) is 0.687. The van der Waals surface area contributed by atoms with Crippen LogP contribution in [-0.4, -0.2) is 5.91 Å². The number of hydrogen-bond acceptors (Lipinski definition) is 2. The highest BCUT2D eigenvalue weighted by Crippen LogP contribution is 2.31. The van der Waals surface area contributed by atoms with Crippen LogP contribution in [0.3, 0.4) is 0 Å². The lowest BCUT2D eigenvalue weighted by molar-refractivity contribution is 0.0997. The number of amides is 1. The van der Waals surface area contributed by atoms with Crippen molar-refractivity contribution in [3.05, 3.63) is 76.5 Å². The standard InChI is InChI=1S/C17H11Cl2NO2/c18-11-6-7-14(19)13(10-11)15-8-9-16(22-15)17(21)20-12-4-2-1-3-5-12/h1-10H,(H,20,21). The fraction of sp³-hybridized carbons (Fsp3) is 0. The molecule has 0 unspecified atom stereocenters. The van der Waals surface area contributed by atoms with Crippen molar-refractivity contribution in [2.75, 3.05) is 5.32 Å². The van der Waals surface area contributed by atoms with Gasteiger partial charge in [0.25, 0.3) is 5.91 Å². The van der Waals surface area contributed by atoms with Crippen LogP contribution < -0.4 is 5.32 Å². The summed E-state index contributed by atoms with van der Waals surface area (Å²) in [5.74, 6) is 0.371. The van der Waals surface area contributed by atoms with Gasteiger partial charge in [-0.1, -0.05) is 41.4 Å². The maximum absolute atomic E-state index is 12.1. The fourth-order valence-corrected chi connectivity index (χ4v) is 2.39. The van der Waals surface area contributed by atoms with Gasteiger partial charge in [-0.25, -0.2) is 0 Å². The second-order valence-electron chi connectivity index (χ2n) is 4.61. The Kier molecular flexibility index (Phi) is 4.18. The smallest absolute Gasteiger partial charge is 0.291 e. The van der Waals surface area contributed by atoms with E-state index in [9.17, 15) is 4.79 Å². The van der Waals surface area contributed by atoms with E-state index >= 15 is 0 Å². The molecule has 5 heteroatoms. The molecule has 0 radical (unpaired) electrons.